The molecule has 3 aromatic rings. The highest BCUT2D eigenvalue weighted by Gasteiger charge is 2.14. The van der Waals surface area contributed by atoms with Gasteiger partial charge in [-0.15, -0.1) is 0 Å². The summed E-state index contributed by atoms with van der Waals surface area (Å²) in [6.07, 6.45) is 2.69. The van der Waals surface area contributed by atoms with Gasteiger partial charge in [0.15, 0.2) is 0 Å². The molecular weight excluding hydrogens is 372 g/mol. The second kappa shape index (κ2) is 8.41. The fraction of sp³-hybridized carbons (Fsp3) is 0.261. The molecule has 0 amide bonds. The zero-order valence-electron chi connectivity index (χ0n) is 16.4. The highest BCUT2D eigenvalue weighted by Crippen LogP contribution is 2.31. The monoisotopic (exact) mass is 396 g/mol. The van der Waals surface area contributed by atoms with Crippen molar-refractivity contribution in [2.45, 2.75) is 32.8 Å². The average Bonchev–Trinajstić information content (AvgIpc) is 2.66. The first kappa shape index (κ1) is 20.5. The Hall–Kier alpha value is -3.25. The Kier molecular flexibility index (Phi) is 5.94. The molecule has 3 rings (SSSR count). The summed E-state index contributed by atoms with van der Waals surface area (Å²) in [4.78, 5) is 12.6. The number of aliphatic hydroxyl groups is 1. The number of rotatable bonds is 7. The Morgan fingerprint density at radius 2 is 1.97 bits per heavy atom. The van der Waals surface area contributed by atoms with Crippen molar-refractivity contribution in [2.75, 3.05) is 6.61 Å². The lowest BCUT2D eigenvalue weighted by Gasteiger charge is -2.10. The van der Waals surface area contributed by atoms with E-state index in [2.05, 4.69) is 6.58 Å². The molecule has 0 saturated heterocycles. The van der Waals surface area contributed by atoms with Crippen LogP contribution in [0.1, 0.15) is 26.7 Å². The fourth-order valence-corrected chi connectivity index (χ4v) is 3.00. The van der Waals surface area contributed by atoms with E-state index in [9.17, 15) is 20.1 Å². The minimum atomic E-state index is -0.517. The van der Waals surface area contributed by atoms with Crippen LogP contribution in [0, 0.1) is 0 Å². The zero-order valence-corrected chi connectivity index (χ0v) is 16.4. The maximum atomic E-state index is 12.6. The molecule has 29 heavy (non-hydrogen) atoms. The second-order valence-electron chi connectivity index (χ2n) is 7.19. The summed E-state index contributed by atoms with van der Waals surface area (Å²) >= 11 is 0. The number of ether oxygens (including phenoxy) is 1. The molecule has 0 aliphatic rings. The van der Waals surface area contributed by atoms with E-state index in [1.165, 1.54) is 24.3 Å². The molecule has 1 aromatic heterocycles. The number of fused-ring (bicyclic) bond motifs is 2. The van der Waals surface area contributed by atoms with E-state index >= 15 is 0 Å². The highest BCUT2D eigenvalue weighted by molar-refractivity contribution is 5.94. The largest absolute Gasteiger partial charge is 0.508 e. The van der Waals surface area contributed by atoms with Crippen molar-refractivity contribution in [1.82, 2.24) is 0 Å². The Balaban J connectivity index is 1.80. The van der Waals surface area contributed by atoms with E-state index in [0.717, 1.165) is 11.1 Å². The van der Waals surface area contributed by atoms with Crippen molar-refractivity contribution < 1.29 is 24.5 Å². The van der Waals surface area contributed by atoms with Gasteiger partial charge in [-0.25, -0.2) is 0 Å². The average molecular weight is 396 g/mol. The van der Waals surface area contributed by atoms with E-state index in [0.29, 0.717) is 24.2 Å². The SMILES string of the molecule is C=C(C)C(O)CCC(C)=CCOc1cc(O)c2c(=O)c3cc(O)ccc3oc2c1. The van der Waals surface area contributed by atoms with Gasteiger partial charge in [0.1, 0.15) is 40.4 Å². The number of phenolic OH excluding ortho intramolecular Hbond substituents is 2. The van der Waals surface area contributed by atoms with Gasteiger partial charge in [0.25, 0.3) is 0 Å². The van der Waals surface area contributed by atoms with Crippen molar-refractivity contribution in [3.63, 3.8) is 0 Å². The molecule has 1 unspecified atom stereocenters. The Labute approximate surface area is 168 Å². The van der Waals surface area contributed by atoms with Gasteiger partial charge in [-0.2, -0.15) is 0 Å². The molecule has 0 spiro atoms. The van der Waals surface area contributed by atoms with E-state index in [1.54, 1.807) is 13.0 Å². The summed E-state index contributed by atoms with van der Waals surface area (Å²) in [6, 6.07) is 7.15. The van der Waals surface area contributed by atoms with Gasteiger partial charge < -0.3 is 24.5 Å². The normalized spacial score (nSPS) is 13.0. The van der Waals surface area contributed by atoms with Crippen LogP contribution >= 0.6 is 0 Å². The number of benzene rings is 2. The lowest BCUT2D eigenvalue weighted by atomic mass is 10.0. The van der Waals surface area contributed by atoms with Crippen LogP contribution < -0.4 is 10.2 Å². The van der Waals surface area contributed by atoms with Crippen LogP contribution in [0.2, 0.25) is 0 Å². The number of hydrogen-bond donors (Lipinski definition) is 3. The minimum absolute atomic E-state index is 0.0379. The third kappa shape index (κ3) is 4.60. The molecule has 1 heterocycles. The Bertz CT molecular complexity index is 1160. The van der Waals surface area contributed by atoms with E-state index < -0.39 is 11.5 Å². The standard InChI is InChI=1S/C23H24O6/c1-13(2)18(25)6-4-14(3)8-9-28-16-11-19(26)22-21(12-16)29-20-7-5-15(24)10-17(20)23(22)27/h5,7-8,10-12,18,24-26H,1,4,6,9H2,2-3H3. The fourth-order valence-electron chi connectivity index (χ4n) is 3.00. The highest BCUT2D eigenvalue weighted by atomic mass is 16.5. The van der Waals surface area contributed by atoms with Crippen LogP contribution in [0.5, 0.6) is 17.2 Å². The third-order valence-electron chi connectivity index (χ3n) is 4.77. The molecule has 6 heteroatoms. The van der Waals surface area contributed by atoms with Crippen LogP contribution in [-0.4, -0.2) is 28.0 Å². The molecule has 0 bridgehead atoms. The first-order valence-corrected chi connectivity index (χ1v) is 9.30. The Morgan fingerprint density at radius 3 is 2.69 bits per heavy atom. The van der Waals surface area contributed by atoms with Gasteiger partial charge in [-0.1, -0.05) is 17.7 Å². The third-order valence-corrected chi connectivity index (χ3v) is 4.77. The van der Waals surface area contributed by atoms with Gasteiger partial charge in [-0.3, -0.25) is 4.79 Å². The van der Waals surface area contributed by atoms with Gasteiger partial charge in [0.05, 0.1) is 11.5 Å². The molecule has 0 aliphatic heterocycles. The molecule has 2 aromatic carbocycles. The molecule has 0 saturated carbocycles. The molecule has 0 fully saturated rings. The molecule has 6 nitrogen and oxygen atoms in total. The molecule has 0 aliphatic carbocycles. The maximum absolute atomic E-state index is 12.6. The minimum Gasteiger partial charge on any atom is -0.508 e. The summed E-state index contributed by atoms with van der Waals surface area (Å²) < 4.78 is 11.4. The number of allylic oxidation sites excluding steroid dienone is 1. The van der Waals surface area contributed by atoms with Crippen LogP contribution in [0.4, 0.5) is 0 Å². The van der Waals surface area contributed by atoms with Crippen molar-refractivity contribution >= 4 is 21.9 Å². The van der Waals surface area contributed by atoms with E-state index in [1.807, 2.05) is 13.0 Å². The molecule has 1 atom stereocenters. The van der Waals surface area contributed by atoms with Gasteiger partial charge >= 0.3 is 0 Å². The predicted octanol–water partition coefficient (Wildman–Crippen LogP) is 4.40. The zero-order chi connectivity index (χ0) is 21.1. The summed E-state index contributed by atoms with van der Waals surface area (Å²) in [5, 5.41) is 29.9. The van der Waals surface area contributed by atoms with E-state index in [4.69, 9.17) is 9.15 Å². The molecule has 0 radical (unpaired) electrons. The number of phenols is 2. The Morgan fingerprint density at radius 1 is 1.21 bits per heavy atom. The van der Waals surface area contributed by atoms with Crippen LogP contribution in [-0.2, 0) is 0 Å². The topological polar surface area (TPSA) is 100 Å². The van der Waals surface area contributed by atoms with Crippen molar-refractivity contribution in [3.05, 3.63) is 64.4 Å². The first-order valence-electron chi connectivity index (χ1n) is 9.30. The van der Waals surface area contributed by atoms with E-state index in [-0.39, 0.29) is 34.5 Å². The predicted molar refractivity (Wildman–Crippen MR) is 113 cm³/mol. The van der Waals surface area contributed by atoms with Crippen LogP contribution in [0.25, 0.3) is 21.9 Å². The van der Waals surface area contributed by atoms with Crippen molar-refractivity contribution in [1.29, 1.82) is 0 Å². The molecular formula is C23H24O6. The quantitative estimate of drug-likeness (QED) is 0.404. The second-order valence-corrected chi connectivity index (χ2v) is 7.19. The molecule has 3 N–H and O–H groups in total. The summed E-state index contributed by atoms with van der Waals surface area (Å²) in [7, 11) is 0. The summed E-state index contributed by atoms with van der Waals surface area (Å²) in [5.74, 6) is 0.0607. The lowest BCUT2D eigenvalue weighted by Crippen LogP contribution is -2.07. The number of aromatic hydroxyl groups is 2. The maximum Gasteiger partial charge on any atom is 0.204 e. The van der Waals surface area contributed by atoms with Crippen LogP contribution in [0.3, 0.4) is 0 Å². The van der Waals surface area contributed by atoms with Gasteiger partial charge in [0, 0.05) is 12.1 Å². The van der Waals surface area contributed by atoms with Gasteiger partial charge in [0.2, 0.25) is 5.43 Å². The number of hydrogen-bond acceptors (Lipinski definition) is 6. The molecule has 152 valence electrons. The lowest BCUT2D eigenvalue weighted by molar-refractivity contribution is 0.201. The van der Waals surface area contributed by atoms with Gasteiger partial charge in [-0.05, 0) is 51.0 Å². The number of aliphatic hydroxyl groups excluding tert-OH is 1. The summed E-state index contributed by atoms with van der Waals surface area (Å²) in [5.41, 5.74) is 1.89. The smallest absolute Gasteiger partial charge is 0.204 e. The van der Waals surface area contributed by atoms with Crippen molar-refractivity contribution in [3.8, 4) is 17.2 Å². The van der Waals surface area contributed by atoms with Crippen molar-refractivity contribution in [2.24, 2.45) is 0 Å². The van der Waals surface area contributed by atoms with Crippen LogP contribution in [0.15, 0.2) is 63.3 Å². The first-order chi connectivity index (χ1) is 13.8. The summed E-state index contributed by atoms with van der Waals surface area (Å²) in [6.45, 7) is 7.75.